The van der Waals surface area contributed by atoms with E-state index >= 15 is 0 Å². The van der Waals surface area contributed by atoms with E-state index in [1.54, 1.807) is 6.92 Å². The molecule has 0 saturated heterocycles. The van der Waals surface area contributed by atoms with E-state index in [0.717, 1.165) is 17.7 Å². The number of Topliss-reactive ketones (excluding diaryl/α,β-unsaturated/α-hetero) is 1. The van der Waals surface area contributed by atoms with Crippen LogP contribution >= 0.6 is 0 Å². The molecule has 1 aromatic rings. The Bertz CT molecular complexity index is 478. The molecule has 1 aromatic carbocycles. The average molecular weight is 274 g/mol. The maximum Gasteiger partial charge on any atom is 0.137 e. The lowest BCUT2D eigenvalue weighted by Gasteiger charge is -2.30. The highest BCUT2D eigenvalue weighted by molar-refractivity contribution is 5.83. The number of ketones is 1. The highest BCUT2D eigenvalue weighted by Gasteiger charge is 2.25. The van der Waals surface area contributed by atoms with Gasteiger partial charge < -0.3 is 4.74 Å². The molecule has 0 bridgehead atoms. The summed E-state index contributed by atoms with van der Waals surface area (Å²) in [5, 5.41) is 0. The number of benzene rings is 1. The first-order chi connectivity index (χ1) is 9.49. The second-order valence-corrected chi connectivity index (χ2v) is 6.29. The van der Waals surface area contributed by atoms with Gasteiger partial charge in [-0.05, 0) is 45.1 Å². The Balaban J connectivity index is 2.24. The Kier molecular flexibility index (Phi) is 4.85. The van der Waals surface area contributed by atoms with Crippen molar-refractivity contribution in [3.63, 3.8) is 0 Å². The average Bonchev–Trinajstić information content (AvgIpc) is 2.42. The van der Waals surface area contributed by atoms with Gasteiger partial charge in [0.2, 0.25) is 0 Å². The predicted octanol–water partition coefficient (Wildman–Crippen LogP) is 4.65. The highest BCUT2D eigenvalue weighted by atomic mass is 16.5. The normalized spacial score (nSPS) is 24.2. The fraction of sp³-hybridized carbons (Fsp3) is 0.611. The summed E-state index contributed by atoms with van der Waals surface area (Å²) in [6, 6.07) is 6.19. The fourth-order valence-corrected chi connectivity index (χ4v) is 2.95. The van der Waals surface area contributed by atoms with Crippen LogP contribution in [0.1, 0.15) is 63.5 Å². The Labute approximate surface area is 122 Å². The fourth-order valence-electron chi connectivity index (χ4n) is 2.95. The molecule has 0 amide bonds. The van der Waals surface area contributed by atoms with Crippen molar-refractivity contribution in [2.24, 2.45) is 5.92 Å². The van der Waals surface area contributed by atoms with Gasteiger partial charge in [0, 0.05) is 11.5 Å². The summed E-state index contributed by atoms with van der Waals surface area (Å²) in [5.74, 6) is 1.60. The zero-order valence-electron chi connectivity index (χ0n) is 13.1. The summed E-state index contributed by atoms with van der Waals surface area (Å²) in [6.07, 6.45) is 5.23. The summed E-state index contributed by atoms with van der Waals surface area (Å²) in [7, 11) is 0. The van der Waals surface area contributed by atoms with Crippen molar-refractivity contribution in [3.8, 4) is 5.75 Å². The monoisotopic (exact) mass is 274 g/mol. The van der Waals surface area contributed by atoms with Crippen LogP contribution in [0.2, 0.25) is 0 Å². The Morgan fingerprint density at radius 2 is 2.00 bits per heavy atom. The van der Waals surface area contributed by atoms with Crippen LogP contribution in [0.3, 0.4) is 0 Å². The molecule has 2 heteroatoms. The molecule has 2 rings (SSSR count). The Morgan fingerprint density at radius 1 is 1.30 bits per heavy atom. The molecule has 0 aromatic heterocycles. The molecule has 110 valence electrons. The Hall–Kier alpha value is -1.31. The van der Waals surface area contributed by atoms with E-state index in [0.29, 0.717) is 12.0 Å². The van der Waals surface area contributed by atoms with E-state index in [1.807, 2.05) is 13.0 Å². The number of carbonyl (C=O) groups is 1. The van der Waals surface area contributed by atoms with E-state index in [9.17, 15) is 4.79 Å². The summed E-state index contributed by atoms with van der Waals surface area (Å²) >= 11 is 0. The second kappa shape index (κ2) is 6.43. The van der Waals surface area contributed by atoms with Crippen LogP contribution in [0.4, 0.5) is 0 Å². The predicted molar refractivity (Wildman–Crippen MR) is 82.3 cm³/mol. The third kappa shape index (κ3) is 3.41. The molecule has 0 spiro atoms. The lowest BCUT2D eigenvalue weighted by Crippen LogP contribution is -2.28. The molecule has 0 N–H and O–H groups in total. The van der Waals surface area contributed by atoms with Crippen molar-refractivity contribution >= 4 is 5.78 Å². The number of aryl methyl sites for hydroxylation is 1. The SMILES string of the molecule is CC(=O)[C@H](C)c1cc(C)ccc1O[C@H]1CCCC[C@H]1C. The number of hydrogen-bond acceptors (Lipinski definition) is 2. The molecular weight excluding hydrogens is 248 g/mol. The molecular formula is C18H26O2. The zero-order chi connectivity index (χ0) is 14.7. The first-order valence-electron chi connectivity index (χ1n) is 7.76. The van der Waals surface area contributed by atoms with Crippen LogP contribution in [-0.4, -0.2) is 11.9 Å². The van der Waals surface area contributed by atoms with E-state index in [-0.39, 0.29) is 11.7 Å². The molecule has 1 fully saturated rings. The van der Waals surface area contributed by atoms with Gasteiger partial charge in [0.05, 0.1) is 0 Å². The third-order valence-corrected chi connectivity index (χ3v) is 4.55. The Morgan fingerprint density at radius 3 is 2.65 bits per heavy atom. The smallest absolute Gasteiger partial charge is 0.137 e. The minimum atomic E-state index is -0.0937. The first-order valence-corrected chi connectivity index (χ1v) is 7.76. The van der Waals surface area contributed by atoms with Gasteiger partial charge in [-0.25, -0.2) is 0 Å². The minimum absolute atomic E-state index is 0.0937. The topological polar surface area (TPSA) is 26.3 Å². The van der Waals surface area contributed by atoms with E-state index < -0.39 is 0 Å². The first kappa shape index (κ1) is 15.1. The van der Waals surface area contributed by atoms with Crippen LogP contribution in [0.25, 0.3) is 0 Å². The van der Waals surface area contributed by atoms with Crippen molar-refractivity contribution < 1.29 is 9.53 Å². The van der Waals surface area contributed by atoms with Crippen LogP contribution in [0.5, 0.6) is 5.75 Å². The van der Waals surface area contributed by atoms with Crippen LogP contribution < -0.4 is 4.74 Å². The lowest BCUT2D eigenvalue weighted by molar-refractivity contribution is -0.118. The van der Waals surface area contributed by atoms with Crippen molar-refractivity contribution in [2.45, 2.75) is 65.4 Å². The van der Waals surface area contributed by atoms with E-state index in [2.05, 4.69) is 26.0 Å². The number of hydrogen-bond donors (Lipinski definition) is 0. The van der Waals surface area contributed by atoms with Crippen molar-refractivity contribution in [2.75, 3.05) is 0 Å². The maximum absolute atomic E-state index is 11.7. The largest absolute Gasteiger partial charge is 0.490 e. The molecule has 2 nitrogen and oxygen atoms in total. The molecule has 0 unspecified atom stereocenters. The quantitative estimate of drug-likeness (QED) is 0.799. The van der Waals surface area contributed by atoms with Crippen LogP contribution in [0.15, 0.2) is 18.2 Å². The van der Waals surface area contributed by atoms with Crippen LogP contribution in [0, 0.1) is 12.8 Å². The molecule has 1 saturated carbocycles. The van der Waals surface area contributed by atoms with E-state index in [1.165, 1.54) is 24.8 Å². The highest BCUT2D eigenvalue weighted by Crippen LogP contribution is 2.33. The molecule has 20 heavy (non-hydrogen) atoms. The van der Waals surface area contributed by atoms with Gasteiger partial charge in [-0.2, -0.15) is 0 Å². The van der Waals surface area contributed by atoms with Crippen molar-refractivity contribution in [1.82, 2.24) is 0 Å². The maximum atomic E-state index is 11.7. The van der Waals surface area contributed by atoms with Gasteiger partial charge in [-0.15, -0.1) is 0 Å². The number of rotatable bonds is 4. The number of carbonyl (C=O) groups excluding carboxylic acids is 1. The number of ether oxygens (including phenoxy) is 1. The summed E-state index contributed by atoms with van der Waals surface area (Å²) in [4.78, 5) is 11.7. The van der Waals surface area contributed by atoms with Gasteiger partial charge >= 0.3 is 0 Å². The molecule has 0 aliphatic heterocycles. The van der Waals surface area contributed by atoms with E-state index in [4.69, 9.17) is 4.74 Å². The van der Waals surface area contributed by atoms with Crippen molar-refractivity contribution in [1.29, 1.82) is 0 Å². The van der Waals surface area contributed by atoms with Gasteiger partial charge in [-0.1, -0.05) is 38.0 Å². The van der Waals surface area contributed by atoms with Gasteiger partial charge in [0.25, 0.3) is 0 Å². The second-order valence-electron chi connectivity index (χ2n) is 6.29. The van der Waals surface area contributed by atoms with Gasteiger partial charge in [-0.3, -0.25) is 4.79 Å². The lowest BCUT2D eigenvalue weighted by atomic mass is 9.87. The standard InChI is InChI=1S/C18H26O2/c1-12-9-10-18(16(11-12)14(3)15(4)19)20-17-8-6-5-7-13(17)2/h9-11,13-14,17H,5-8H2,1-4H3/t13-,14+,17+/m1/s1. The summed E-state index contributed by atoms with van der Waals surface area (Å²) in [5.41, 5.74) is 2.22. The van der Waals surface area contributed by atoms with Crippen molar-refractivity contribution in [3.05, 3.63) is 29.3 Å². The van der Waals surface area contributed by atoms with Crippen LogP contribution in [-0.2, 0) is 4.79 Å². The summed E-state index contributed by atoms with van der Waals surface area (Å²) in [6.45, 7) is 7.95. The van der Waals surface area contributed by atoms with Gasteiger partial charge in [0.1, 0.15) is 17.6 Å². The zero-order valence-corrected chi connectivity index (χ0v) is 13.1. The molecule has 3 atom stereocenters. The minimum Gasteiger partial charge on any atom is -0.490 e. The molecule has 0 heterocycles. The molecule has 1 aliphatic rings. The third-order valence-electron chi connectivity index (χ3n) is 4.55. The molecule has 1 aliphatic carbocycles. The summed E-state index contributed by atoms with van der Waals surface area (Å²) < 4.78 is 6.27. The van der Waals surface area contributed by atoms with Gasteiger partial charge in [0.15, 0.2) is 0 Å². The molecule has 0 radical (unpaired) electrons.